The summed E-state index contributed by atoms with van der Waals surface area (Å²) in [6.45, 7) is 4.39. The summed E-state index contributed by atoms with van der Waals surface area (Å²) in [5.74, 6) is 0. The molecule has 24 heavy (non-hydrogen) atoms. The molecule has 0 bridgehead atoms. The lowest BCUT2D eigenvalue weighted by Gasteiger charge is -2.40. The molecule has 0 radical (unpaired) electrons. The van der Waals surface area contributed by atoms with Crippen molar-refractivity contribution >= 4 is 17.6 Å². The van der Waals surface area contributed by atoms with Crippen LogP contribution in [-0.4, -0.2) is 54.6 Å². The van der Waals surface area contributed by atoms with Crippen LogP contribution in [0.15, 0.2) is 24.3 Å². The largest absolute Gasteiger partial charge is 0.338 e. The van der Waals surface area contributed by atoms with E-state index in [1.165, 1.54) is 32.1 Å². The summed E-state index contributed by atoms with van der Waals surface area (Å²) in [5, 5.41) is 3.79. The first-order valence-corrected chi connectivity index (χ1v) is 9.61. The van der Waals surface area contributed by atoms with E-state index in [0.29, 0.717) is 6.54 Å². The van der Waals surface area contributed by atoms with Gasteiger partial charge in [0.25, 0.3) is 0 Å². The molecule has 3 rings (SSSR count). The molecule has 1 saturated heterocycles. The molecule has 2 amide bonds. The molecule has 0 aromatic heterocycles. The fourth-order valence-electron chi connectivity index (χ4n) is 3.85. The highest BCUT2D eigenvalue weighted by molar-refractivity contribution is 6.30. The van der Waals surface area contributed by atoms with E-state index in [1.807, 2.05) is 29.2 Å². The zero-order valence-electron chi connectivity index (χ0n) is 14.3. The van der Waals surface area contributed by atoms with E-state index < -0.39 is 0 Å². The first-order chi connectivity index (χ1) is 11.7. The molecular weight excluding hydrogens is 322 g/mol. The van der Waals surface area contributed by atoms with Gasteiger partial charge in [0.2, 0.25) is 0 Å². The molecule has 1 saturated carbocycles. The number of hydrogen-bond acceptors (Lipinski definition) is 2. The number of halogens is 1. The molecule has 2 aliphatic rings. The summed E-state index contributed by atoms with van der Waals surface area (Å²) in [7, 11) is 0. The summed E-state index contributed by atoms with van der Waals surface area (Å²) in [6, 6.07) is 8.64. The van der Waals surface area contributed by atoms with Crippen LogP contribution in [0.1, 0.15) is 37.7 Å². The lowest BCUT2D eigenvalue weighted by molar-refractivity contribution is 0.0907. The Morgan fingerprint density at radius 3 is 2.58 bits per heavy atom. The van der Waals surface area contributed by atoms with Crippen molar-refractivity contribution in [1.29, 1.82) is 0 Å². The molecule has 132 valence electrons. The SMILES string of the molecule is O=C(NCCc1cccc(Cl)c1)N1CCN(C2CCCCC2)CC1. The minimum Gasteiger partial charge on any atom is -0.338 e. The van der Waals surface area contributed by atoms with Crippen LogP contribution in [0.5, 0.6) is 0 Å². The van der Waals surface area contributed by atoms with Crippen LogP contribution in [0.25, 0.3) is 0 Å². The lowest BCUT2D eigenvalue weighted by atomic mass is 9.94. The van der Waals surface area contributed by atoms with Crippen LogP contribution >= 0.6 is 11.6 Å². The maximum absolute atomic E-state index is 12.3. The molecule has 1 N–H and O–H groups in total. The van der Waals surface area contributed by atoms with Crippen LogP contribution in [-0.2, 0) is 6.42 Å². The van der Waals surface area contributed by atoms with Crippen molar-refractivity contribution in [3.8, 4) is 0 Å². The van der Waals surface area contributed by atoms with Crippen LogP contribution in [0, 0.1) is 0 Å². The van der Waals surface area contributed by atoms with Gasteiger partial charge in [-0.2, -0.15) is 0 Å². The first-order valence-electron chi connectivity index (χ1n) is 9.23. The molecule has 0 spiro atoms. The number of carbonyl (C=O) groups is 1. The second-order valence-electron chi connectivity index (χ2n) is 6.93. The van der Waals surface area contributed by atoms with Crippen molar-refractivity contribution in [2.45, 2.75) is 44.6 Å². The summed E-state index contributed by atoms with van der Waals surface area (Å²) < 4.78 is 0. The number of benzene rings is 1. The van der Waals surface area contributed by atoms with Gasteiger partial charge < -0.3 is 10.2 Å². The maximum atomic E-state index is 12.3. The van der Waals surface area contributed by atoms with Gasteiger partial charge in [-0.3, -0.25) is 4.90 Å². The van der Waals surface area contributed by atoms with Crippen molar-refractivity contribution in [2.24, 2.45) is 0 Å². The number of amides is 2. The van der Waals surface area contributed by atoms with Gasteiger partial charge in [-0.25, -0.2) is 4.79 Å². The van der Waals surface area contributed by atoms with Gasteiger partial charge in [-0.05, 0) is 37.0 Å². The predicted octanol–water partition coefficient (Wildman–Crippen LogP) is 3.54. The maximum Gasteiger partial charge on any atom is 0.317 e. The van der Waals surface area contributed by atoms with Gasteiger partial charge in [0, 0.05) is 43.8 Å². The Bertz CT molecular complexity index is 537. The second kappa shape index (κ2) is 8.72. The van der Waals surface area contributed by atoms with Crippen molar-refractivity contribution in [2.75, 3.05) is 32.7 Å². The minimum absolute atomic E-state index is 0.0697. The fourth-order valence-corrected chi connectivity index (χ4v) is 4.07. The highest BCUT2D eigenvalue weighted by Gasteiger charge is 2.26. The van der Waals surface area contributed by atoms with Crippen LogP contribution in [0.4, 0.5) is 4.79 Å². The third-order valence-electron chi connectivity index (χ3n) is 5.27. The summed E-state index contributed by atoms with van der Waals surface area (Å²) >= 11 is 5.99. The smallest absolute Gasteiger partial charge is 0.317 e. The van der Waals surface area contributed by atoms with Gasteiger partial charge in [0.05, 0.1) is 0 Å². The molecule has 4 nitrogen and oxygen atoms in total. The normalized spacial score (nSPS) is 20.1. The third-order valence-corrected chi connectivity index (χ3v) is 5.51. The molecule has 1 heterocycles. The Morgan fingerprint density at radius 1 is 1.12 bits per heavy atom. The zero-order valence-corrected chi connectivity index (χ0v) is 15.1. The van der Waals surface area contributed by atoms with E-state index >= 15 is 0 Å². The summed E-state index contributed by atoms with van der Waals surface area (Å²) in [4.78, 5) is 16.9. The van der Waals surface area contributed by atoms with E-state index in [-0.39, 0.29) is 6.03 Å². The fraction of sp³-hybridized carbons (Fsp3) is 0.632. The standard InChI is InChI=1S/C19H28ClN3O/c20-17-6-4-5-16(15-17)9-10-21-19(24)23-13-11-22(12-14-23)18-7-2-1-3-8-18/h4-6,15,18H,1-3,7-14H2,(H,21,24). The monoisotopic (exact) mass is 349 g/mol. The van der Waals surface area contributed by atoms with E-state index in [9.17, 15) is 4.79 Å². The quantitative estimate of drug-likeness (QED) is 0.902. The van der Waals surface area contributed by atoms with Crippen molar-refractivity contribution in [1.82, 2.24) is 15.1 Å². The average Bonchev–Trinajstić information content (AvgIpc) is 2.63. The topological polar surface area (TPSA) is 35.6 Å². The average molecular weight is 350 g/mol. The molecule has 0 unspecified atom stereocenters. The van der Waals surface area contributed by atoms with Crippen LogP contribution < -0.4 is 5.32 Å². The lowest BCUT2D eigenvalue weighted by Crippen LogP contribution is -2.54. The number of nitrogens with one attached hydrogen (secondary N) is 1. The molecule has 2 fully saturated rings. The highest BCUT2D eigenvalue weighted by atomic mass is 35.5. The Kier molecular flexibility index (Phi) is 6.38. The molecular formula is C19H28ClN3O. The molecule has 5 heteroatoms. The number of urea groups is 1. The highest BCUT2D eigenvalue weighted by Crippen LogP contribution is 2.23. The molecule has 1 aliphatic carbocycles. The van der Waals surface area contributed by atoms with Gasteiger partial charge in [-0.15, -0.1) is 0 Å². The Hall–Kier alpha value is -1.26. The number of hydrogen-bond donors (Lipinski definition) is 1. The second-order valence-corrected chi connectivity index (χ2v) is 7.36. The van der Waals surface area contributed by atoms with Gasteiger partial charge in [-0.1, -0.05) is 43.0 Å². The Balaban J connectivity index is 1.37. The first kappa shape index (κ1) is 17.6. The predicted molar refractivity (Wildman–Crippen MR) is 98.6 cm³/mol. The van der Waals surface area contributed by atoms with Gasteiger partial charge in [0.1, 0.15) is 0 Å². The van der Waals surface area contributed by atoms with E-state index in [0.717, 1.165) is 49.2 Å². The summed E-state index contributed by atoms with van der Waals surface area (Å²) in [6.07, 6.45) is 7.63. The molecule has 0 atom stereocenters. The van der Waals surface area contributed by atoms with Gasteiger partial charge >= 0.3 is 6.03 Å². The van der Waals surface area contributed by atoms with E-state index in [1.54, 1.807) is 0 Å². The number of nitrogens with zero attached hydrogens (tertiary/aromatic N) is 2. The number of carbonyl (C=O) groups excluding carboxylic acids is 1. The third kappa shape index (κ3) is 4.87. The van der Waals surface area contributed by atoms with Gasteiger partial charge in [0.15, 0.2) is 0 Å². The summed E-state index contributed by atoms with van der Waals surface area (Å²) in [5.41, 5.74) is 1.16. The Morgan fingerprint density at radius 2 is 1.88 bits per heavy atom. The number of rotatable bonds is 4. The van der Waals surface area contributed by atoms with Crippen LogP contribution in [0.3, 0.4) is 0 Å². The Labute approximate surface area is 150 Å². The molecule has 1 aromatic rings. The number of piperazine rings is 1. The van der Waals surface area contributed by atoms with Crippen LogP contribution in [0.2, 0.25) is 5.02 Å². The van der Waals surface area contributed by atoms with E-state index in [2.05, 4.69) is 10.2 Å². The minimum atomic E-state index is 0.0697. The zero-order chi connectivity index (χ0) is 16.8. The van der Waals surface area contributed by atoms with Crippen molar-refractivity contribution in [3.05, 3.63) is 34.9 Å². The van der Waals surface area contributed by atoms with E-state index in [4.69, 9.17) is 11.6 Å². The molecule has 1 aromatic carbocycles. The van der Waals surface area contributed by atoms with Crippen molar-refractivity contribution in [3.63, 3.8) is 0 Å². The van der Waals surface area contributed by atoms with Crippen molar-refractivity contribution < 1.29 is 4.79 Å². The molecule has 1 aliphatic heterocycles.